The topological polar surface area (TPSA) is 63.4 Å². The van der Waals surface area contributed by atoms with E-state index in [0.717, 1.165) is 5.56 Å². The molecule has 2 amide bonds. The SMILES string of the molecule is NC(=O)CCN(C(=O)[C@H]1C[C@H]1c1ccc(F)cc1)c1ccc(F)cc1. The van der Waals surface area contributed by atoms with Gasteiger partial charge < -0.3 is 10.6 Å². The second-order valence-corrected chi connectivity index (χ2v) is 6.18. The quantitative estimate of drug-likeness (QED) is 0.876. The first-order valence-corrected chi connectivity index (χ1v) is 8.06. The normalized spacial score (nSPS) is 18.6. The van der Waals surface area contributed by atoms with Crippen molar-refractivity contribution in [3.05, 3.63) is 65.7 Å². The summed E-state index contributed by atoms with van der Waals surface area (Å²) in [6.45, 7) is 0.145. The van der Waals surface area contributed by atoms with Gasteiger partial charge in [-0.05, 0) is 54.3 Å². The number of halogens is 2. The Bertz CT molecular complexity index is 775. The molecule has 6 heteroatoms. The molecule has 0 aromatic heterocycles. The van der Waals surface area contributed by atoms with Crippen molar-refractivity contribution >= 4 is 17.5 Å². The Morgan fingerprint density at radius 2 is 1.56 bits per heavy atom. The van der Waals surface area contributed by atoms with E-state index < -0.39 is 11.7 Å². The Labute approximate surface area is 144 Å². The largest absolute Gasteiger partial charge is 0.370 e. The van der Waals surface area contributed by atoms with Crippen LogP contribution in [-0.4, -0.2) is 18.4 Å². The molecule has 25 heavy (non-hydrogen) atoms. The van der Waals surface area contributed by atoms with Gasteiger partial charge in [-0.15, -0.1) is 0 Å². The molecule has 0 aliphatic heterocycles. The molecule has 2 aromatic carbocycles. The fourth-order valence-corrected chi connectivity index (χ4v) is 2.96. The molecule has 130 valence electrons. The van der Waals surface area contributed by atoms with Crippen molar-refractivity contribution in [1.82, 2.24) is 0 Å². The molecule has 0 saturated heterocycles. The van der Waals surface area contributed by atoms with E-state index >= 15 is 0 Å². The van der Waals surface area contributed by atoms with Crippen LogP contribution in [0.2, 0.25) is 0 Å². The van der Waals surface area contributed by atoms with Crippen molar-refractivity contribution < 1.29 is 18.4 Å². The van der Waals surface area contributed by atoms with Crippen molar-refractivity contribution in [2.24, 2.45) is 11.7 Å². The van der Waals surface area contributed by atoms with E-state index in [9.17, 15) is 18.4 Å². The van der Waals surface area contributed by atoms with E-state index in [-0.39, 0.29) is 36.5 Å². The van der Waals surface area contributed by atoms with E-state index in [1.807, 2.05) is 0 Å². The molecule has 3 rings (SSSR count). The summed E-state index contributed by atoms with van der Waals surface area (Å²) in [4.78, 5) is 25.4. The van der Waals surface area contributed by atoms with E-state index in [1.165, 1.54) is 41.3 Å². The highest BCUT2D eigenvalue weighted by Gasteiger charge is 2.46. The molecule has 0 bridgehead atoms. The van der Waals surface area contributed by atoms with Crippen LogP contribution in [0.15, 0.2) is 48.5 Å². The lowest BCUT2D eigenvalue weighted by Gasteiger charge is -2.22. The first kappa shape index (κ1) is 17.1. The van der Waals surface area contributed by atoms with E-state index in [0.29, 0.717) is 12.1 Å². The number of carbonyl (C=O) groups is 2. The second kappa shape index (κ2) is 7.01. The van der Waals surface area contributed by atoms with Crippen LogP contribution in [0.3, 0.4) is 0 Å². The molecular formula is C19H18F2N2O2. The van der Waals surface area contributed by atoms with Gasteiger partial charge in [0, 0.05) is 24.6 Å². The molecule has 1 fully saturated rings. The van der Waals surface area contributed by atoms with Crippen LogP contribution in [0, 0.1) is 17.6 Å². The number of hydrogen-bond acceptors (Lipinski definition) is 2. The highest BCUT2D eigenvalue weighted by atomic mass is 19.1. The fourth-order valence-electron chi connectivity index (χ4n) is 2.96. The Balaban J connectivity index is 1.76. The van der Waals surface area contributed by atoms with Crippen LogP contribution in [0.4, 0.5) is 14.5 Å². The van der Waals surface area contributed by atoms with E-state index in [4.69, 9.17) is 5.73 Å². The Morgan fingerprint density at radius 3 is 2.12 bits per heavy atom. The van der Waals surface area contributed by atoms with Crippen molar-refractivity contribution in [2.45, 2.75) is 18.8 Å². The van der Waals surface area contributed by atoms with Gasteiger partial charge in [0.2, 0.25) is 11.8 Å². The maximum atomic E-state index is 13.1. The van der Waals surface area contributed by atoms with Crippen LogP contribution in [0.25, 0.3) is 0 Å². The third kappa shape index (κ3) is 4.02. The molecular weight excluding hydrogens is 326 g/mol. The zero-order valence-electron chi connectivity index (χ0n) is 13.5. The van der Waals surface area contributed by atoms with Crippen LogP contribution in [0.1, 0.15) is 24.3 Å². The van der Waals surface area contributed by atoms with Gasteiger partial charge in [-0.3, -0.25) is 9.59 Å². The molecule has 2 atom stereocenters. The number of carbonyl (C=O) groups excluding carboxylic acids is 2. The molecule has 2 aromatic rings. The summed E-state index contributed by atoms with van der Waals surface area (Å²) in [7, 11) is 0. The van der Waals surface area contributed by atoms with Crippen LogP contribution < -0.4 is 10.6 Å². The van der Waals surface area contributed by atoms with Crippen molar-refractivity contribution in [3.8, 4) is 0 Å². The summed E-state index contributed by atoms with van der Waals surface area (Å²) in [5, 5.41) is 0. The third-order valence-corrected chi connectivity index (χ3v) is 4.39. The monoisotopic (exact) mass is 344 g/mol. The zero-order valence-corrected chi connectivity index (χ0v) is 13.5. The van der Waals surface area contributed by atoms with Crippen molar-refractivity contribution in [2.75, 3.05) is 11.4 Å². The van der Waals surface area contributed by atoms with Gasteiger partial charge in [-0.25, -0.2) is 8.78 Å². The van der Waals surface area contributed by atoms with E-state index in [1.54, 1.807) is 12.1 Å². The Kier molecular flexibility index (Phi) is 4.79. The summed E-state index contributed by atoms with van der Waals surface area (Å²) < 4.78 is 26.2. The van der Waals surface area contributed by atoms with Gasteiger partial charge in [-0.1, -0.05) is 12.1 Å². The number of rotatable bonds is 6. The molecule has 1 aliphatic rings. The molecule has 1 saturated carbocycles. The van der Waals surface area contributed by atoms with Gasteiger partial charge in [0.25, 0.3) is 0 Å². The molecule has 4 nitrogen and oxygen atoms in total. The maximum absolute atomic E-state index is 13.1. The number of benzene rings is 2. The van der Waals surface area contributed by atoms with Crippen molar-refractivity contribution in [1.29, 1.82) is 0 Å². The maximum Gasteiger partial charge on any atom is 0.230 e. The second-order valence-electron chi connectivity index (χ2n) is 6.18. The Morgan fingerprint density at radius 1 is 1.00 bits per heavy atom. The number of primary amides is 1. The van der Waals surface area contributed by atoms with Gasteiger partial charge in [0.1, 0.15) is 11.6 Å². The lowest BCUT2D eigenvalue weighted by Crippen LogP contribution is -2.35. The minimum atomic E-state index is -0.509. The minimum Gasteiger partial charge on any atom is -0.370 e. The van der Waals surface area contributed by atoms with E-state index in [2.05, 4.69) is 0 Å². The van der Waals surface area contributed by atoms with Crippen LogP contribution in [0.5, 0.6) is 0 Å². The third-order valence-electron chi connectivity index (χ3n) is 4.39. The summed E-state index contributed by atoms with van der Waals surface area (Å²) >= 11 is 0. The lowest BCUT2D eigenvalue weighted by molar-refractivity contribution is -0.120. The predicted molar refractivity (Wildman–Crippen MR) is 89.8 cm³/mol. The highest BCUT2D eigenvalue weighted by molar-refractivity contribution is 5.98. The van der Waals surface area contributed by atoms with Gasteiger partial charge >= 0.3 is 0 Å². The number of hydrogen-bond donors (Lipinski definition) is 1. The average Bonchev–Trinajstić information content (AvgIpc) is 3.37. The number of nitrogens with zero attached hydrogens (tertiary/aromatic N) is 1. The summed E-state index contributed by atoms with van der Waals surface area (Å²) in [5.41, 5.74) is 6.63. The number of anilines is 1. The smallest absolute Gasteiger partial charge is 0.230 e. The van der Waals surface area contributed by atoms with Gasteiger partial charge in [0.05, 0.1) is 0 Å². The highest BCUT2D eigenvalue weighted by Crippen LogP contribution is 2.48. The minimum absolute atomic E-state index is 0.0249. The molecule has 0 unspecified atom stereocenters. The molecule has 0 heterocycles. The Hall–Kier alpha value is -2.76. The van der Waals surface area contributed by atoms with Crippen molar-refractivity contribution in [3.63, 3.8) is 0 Å². The summed E-state index contributed by atoms with van der Waals surface area (Å²) in [5.74, 6) is -1.57. The predicted octanol–water partition coefficient (Wildman–Crippen LogP) is 2.98. The fraction of sp³-hybridized carbons (Fsp3) is 0.263. The average molecular weight is 344 g/mol. The van der Waals surface area contributed by atoms with Crippen LogP contribution >= 0.6 is 0 Å². The standard InChI is InChI=1S/C19H18F2N2O2/c20-13-3-1-12(2-4-13)16-11-17(16)19(25)23(10-9-18(22)24)15-7-5-14(21)6-8-15/h1-8,16-17H,9-11H2,(H2,22,24)/t16-,17-/m0/s1. The van der Waals surface area contributed by atoms with Crippen LogP contribution in [-0.2, 0) is 9.59 Å². The molecule has 2 N–H and O–H groups in total. The number of nitrogens with two attached hydrogens (primary N) is 1. The zero-order chi connectivity index (χ0) is 18.0. The summed E-state index contributed by atoms with van der Waals surface area (Å²) in [6.07, 6.45) is 0.690. The molecule has 0 radical (unpaired) electrons. The molecule has 0 spiro atoms. The lowest BCUT2D eigenvalue weighted by atomic mass is 10.1. The van der Waals surface area contributed by atoms with Gasteiger partial charge in [0.15, 0.2) is 0 Å². The molecule has 1 aliphatic carbocycles. The first-order chi connectivity index (χ1) is 12.0. The first-order valence-electron chi connectivity index (χ1n) is 8.06. The number of amides is 2. The summed E-state index contributed by atoms with van der Waals surface area (Å²) in [6, 6.07) is 11.7. The van der Waals surface area contributed by atoms with Gasteiger partial charge in [-0.2, -0.15) is 0 Å².